The lowest BCUT2D eigenvalue weighted by atomic mass is 10.1. The maximum atomic E-state index is 13.6. The number of carbonyl (C=O) groups is 2. The molecule has 8 heteroatoms. The van der Waals surface area contributed by atoms with Gasteiger partial charge < -0.3 is 15.7 Å². The molecule has 0 aliphatic heterocycles. The molecule has 2 aromatic rings. The number of nitrogens with one attached hydrogen (secondary N) is 2. The van der Waals surface area contributed by atoms with Crippen LogP contribution in [0.4, 0.5) is 4.39 Å². The van der Waals surface area contributed by atoms with Gasteiger partial charge in [0.05, 0.1) is 23.9 Å². The number of halogens is 2. The van der Waals surface area contributed by atoms with Gasteiger partial charge in [-0.1, -0.05) is 23.7 Å². The fraction of sp³-hybridized carbons (Fsp3) is 0.316. The highest BCUT2D eigenvalue weighted by atomic mass is 35.5. The lowest BCUT2D eigenvalue weighted by Crippen LogP contribution is -2.40. The number of aromatic nitrogens is 1. The van der Waals surface area contributed by atoms with E-state index in [1.54, 1.807) is 12.1 Å². The van der Waals surface area contributed by atoms with Gasteiger partial charge in [0, 0.05) is 23.7 Å². The van der Waals surface area contributed by atoms with Crippen LogP contribution < -0.4 is 10.6 Å². The molecule has 0 radical (unpaired) electrons. The van der Waals surface area contributed by atoms with Gasteiger partial charge in [-0.2, -0.15) is 0 Å². The van der Waals surface area contributed by atoms with E-state index in [2.05, 4.69) is 15.6 Å². The van der Waals surface area contributed by atoms with Crippen LogP contribution >= 0.6 is 11.6 Å². The molecule has 27 heavy (non-hydrogen) atoms. The van der Waals surface area contributed by atoms with E-state index in [4.69, 9.17) is 11.6 Å². The monoisotopic (exact) mass is 391 g/mol. The number of nitrogens with zero attached hydrogens (tertiary/aromatic N) is 1. The molecule has 0 saturated heterocycles. The summed E-state index contributed by atoms with van der Waals surface area (Å²) in [6, 6.07) is 7.77. The van der Waals surface area contributed by atoms with Gasteiger partial charge >= 0.3 is 0 Å². The van der Waals surface area contributed by atoms with Crippen molar-refractivity contribution in [1.29, 1.82) is 0 Å². The number of hydrogen-bond acceptors (Lipinski definition) is 4. The summed E-state index contributed by atoms with van der Waals surface area (Å²) < 4.78 is 13.6. The van der Waals surface area contributed by atoms with Crippen LogP contribution in [0.5, 0.6) is 0 Å². The Morgan fingerprint density at radius 1 is 1.22 bits per heavy atom. The Kier molecular flexibility index (Phi) is 6.03. The second kappa shape index (κ2) is 8.45. The summed E-state index contributed by atoms with van der Waals surface area (Å²) >= 11 is 5.83. The first-order valence-corrected chi connectivity index (χ1v) is 8.92. The number of aliphatic hydroxyl groups excluding tert-OH is 1. The minimum Gasteiger partial charge on any atom is -0.391 e. The summed E-state index contributed by atoms with van der Waals surface area (Å²) in [6.45, 7) is 0.349. The number of pyridine rings is 1. The van der Waals surface area contributed by atoms with Crippen LogP contribution in [0.2, 0.25) is 5.02 Å². The van der Waals surface area contributed by atoms with Crippen molar-refractivity contribution in [2.24, 2.45) is 5.92 Å². The van der Waals surface area contributed by atoms with Crippen LogP contribution in [-0.2, 0) is 11.3 Å². The molecule has 3 N–H and O–H groups in total. The first kappa shape index (κ1) is 19.3. The van der Waals surface area contributed by atoms with Gasteiger partial charge in [0.15, 0.2) is 5.82 Å². The van der Waals surface area contributed by atoms with E-state index >= 15 is 0 Å². The summed E-state index contributed by atoms with van der Waals surface area (Å²) in [5.74, 6) is -2.00. The van der Waals surface area contributed by atoms with Crippen molar-refractivity contribution in [2.45, 2.75) is 31.5 Å². The second-order valence-corrected chi connectivity index (χ2v) is 6.95. The molecule has 1 saturated carbocycles. The van der Waals surface area contributed by atoms with Crippen molar-refractivity contribution in [3.63, 3.8) is 0 Å². The molecule has 0 spiro atoms. The number of aliphatic hydroxyl groups is 1. The number of amides is 2. The fourth-order valence-corrected chi connectivity index (χ4v) is 3.25. The Morgan fingerprint density at radius 3 is 2.67 bits per heavy atom. The molecular formula is C19H19ClFN3O3. The van der Waals surface area contributed by atoms with Crippen LogP contribution in [-0.4, -0.2) is 34.1 Å². The average molecular weight is 392 g/mol. The smallest absolute Gasteiger partial charge is 0.254 e. The van der Waals surface area contributed by atoms with Crippen molar-refractivity contribution in [3.8, 4) is 0 Å². The van der Waals surface area contributed by atoms with Crippen molar-refractivity contribution in [2.75, 3.05) is 0 Å². The third-order valence-corrected chi connectivity index (χ3v) is 4.87. The Labute approximate surface area is 160 Å². The van der Waals surface area contributed by atoms with Gasteiger partial charge in [0.2, 0.25) is 5.91 Å². The second-order valence-electron chi connectivity index (χ2n) is 6.52. The highest BCUT2D eigenvalue weighted by Gasteiger charge is 2.37. The molecule has 0 unspecified atom stereocenters. The summed E-state index contributed by atoms with van der Waals surface area (Å²) in [5.41, 5.74) is 0.761. The standard InChI is InChI=1S/C19H19ClFN3O3/c20-13-3-1-11(2-4-13)9-23-18(26)12-7-16(17(25)8-12)24-19(27)14-5-6-22-10-15(14)21/h1-6,10,12,16-17,25H,7-9H2,(H,23,26)(H,24,27)/t12-,16-,17-/m0/s1. The molecule has 3 atom stereocenters. The lowest BCUT2D eigenvalue weighted by Gasteiger charge is -2.16. The van der Waals surface area contributed by atoms with Crippen LogP contribution in [0.15, 0.2) is 42.7 Å². The highest BCUT2D eigenvalue weighted by molar-refractivity contribution is 6.30. The molecule has 1 aliphatic rings. The van der Waals surface area contributed by atoms with Crippen LogP contribution in [0.1, 0.15) is 28.8 Å². The van der Waals surface area contributed by atoms with E-state index in [1.807, 2.05) is 12.1 Å². The third-order valence-electron chi connectivity index (χ3n) is 4.61. The average Bonchev–Trinajstić information content (AvgIpc) is 3.02. The molecule has 1 heterocycles. The Balaban J connectivity index is 1.54. The van der Waals surface area contributed by atoms with Crippen LogP contribution in [0, 0.1) is 11.7 Å². The van der Waals surface area contributed by atoms with E-state index in [1.165, 1.54) is 12.3 Å². The first-order chi connectivity index (χ1) is 12.9. The Morgan fingerprint density at radius 2 is 1.96 bits per heavy atom. The zero-order chi connectivity index (χ0) is 19.4. The molecule has 3 rings (SSSR count). The maximum absolute atomic E-state index is 13.6. The molecule has 2 amide bonds. The predicted molar refractivity (Wildman–Crippen MR) is 97.5 cm³/mol. The number of hydrogen-bond donors (Lipinski definition) is 3. The van der Waals surface area contributed by atoms with E-state index in [0.717, 1.165) is 11.8 Å². The van der Waals surface area contributed by atoms with E-state index in [0.29, 0.717) is 11.6 Å². The normalized spacial score (nSPS) is 21.7. The van der Waals surface area contributed by atoms with Crippen molar-refractivity contribution >= 4 is 23.4 Å². The Hall–Kier alpha value is -2.51. The number of carbonyl (C=O) groups excluding carboxylic acids is 2. The van der Waals surface area contributed by atoms with E-state index in [9.17, 15) is 19.1 Å². The van der Waals surface area contributed by atoms with Gasteiger partial charge in [-0.25, -0.2) is 4.39 Å². The predicted octanol–water partition coefficient (Wildman–Crippen LogP) is 2.06. The molecular weight excluding hydrogens is 373 g/mol. The third kappa shape index (κ3) is 4.81. The summed E-state index contributed by atoms with van der Waals surface area (Å²) in [4.78, 5) is 28.1. The SMILES string of the molecule is O=C(N[C@H]1C[C@H](C(=O)NCc2ccc(Cl)cc2)C[C@@H]1O)c1ccncc1F. The molecule has 142 valence electrons. The summed E-state index contributed by atoms with van der Waals surface area (Å²) in [6.07, 6.45) is 1.91. The summed E-state index contributed by atoms with van der Waals surface area (Å²) in [7, 11) is 0. The maximum Gasteiger partial charge on any atom is 0.254 e. The molecule has 1 aromatic carbocycles. The Bertz CT molecular complexity index is 831. The van der Waals surface area contributed by atoms with Crippen LogP contribution in [0.25, 0.3) is 0 Å². The fourth-order valence-electron chi connectivity index (χ4n) is 3.13. The van der Waals surface area contributed by atoms with Gasteiger partial charge in [-0.15, -0.1) is 0 Å². The summed E-state index contributed by atoms with van der Waals surface area (Å²) in [5, 5.41) is 16.2. The minimum absolute atomic E-state index is 0.146. The largest absolute Gasteiger partial charge is 0.391 e. The van der Waals surface area contributed by atoms with Crippen molar-refractivity contribution in [1.82, 2.24) is 15.6 Å². The zero-order valence-corrected chi connectivity index (χ0v) is 15.1. The molecule has 6 nitrogen and oxygen atoms in total. The minimum atomic E-state index is -0.870. The molecule has 1 fully saturated rings. The molecule has 1 aliphatic carbocycles. The zero-order valence-electron chi connectivity index (χ0n) is 14.4. The number of benzene rings is 1. The topological polar surface area (TPSA) is 91.3 Å². The van der Waals surface area contributed by atoms with Gasteiger partial charge in [-0.3, -0.25) is 14.6 Å². The molecule has 0 bridgehead atoms. The lowest BCUT2D eigenvalue weighted by molar-refractivity contribution is -0.125. The highest BCUT2D eigenvalue weighted by Crippen LogP contribution is 2.27. The van der Waals surface area contributed by atoms with E-state index < -0.39 is 29.8 Å². The quantitative estimate of drug-likeness (QED) is 0.727. The first-order valence-electron chi connectivity index (χ1n) is 8.54. The van der Waals surface area contributed by atoms with Gasteiger partial charge in [0.1, 0.15) is 0 Å². The number of rotatable bonds is 5. The van der Waals surface area contributed by atoms with Crippen molar-refractivity contribution in [3.05, 3.63) is 64.7 Å². The van der Waals surface area contributed by atoms with Crippen molar-refractivity contribution < 1.29 is 19.1 Å². The van der Waals surface area contributed by atoms with Crippen LogP contribution in [0.3, 0.4) is 0 Å². The van der Waals surface area contributed by atoms with Gasteiger partial charge in [0.25, 0.3) is 5.91 Å². The van der Waals surface area contributed by atoms with E-state index in [-0.39, 0.29) is 24.3 Å². The van der Waals surface area contributed by atoms with Gasteiger partial charge in [-0.05, 0) is 36.6 Å². The molecule has 1 aromatic heterocycles.